The maximum atomic E-state index is 10.1. The Morgan fingerprint density at radius 3 is 2.86 bits per heavy atom. The Balaban J connectivity index is 1.84. The second-order valence-corrected chi connectivity index (χ2v) is 6.34. The molecule has 0 aromatic heterocycles. The first-order chi connectivity index (χ1) is 10.1. The standard InChI is InChI=1S/C16H25BrN2O2/c1-3-19(4-2)11-15(20)10-18-9-13-8-14(17)7-12-5-6-21-16(12)13/h7-8,15,18,20H,3-6,9-11H2,1-2H3. The minimum atomic E-state index is -0.342. The van der Waals surface area contributed by atoms with Gasteiger partial charge in [0.2, 0.25) is 0 Å². The van der Waals surface area contributed by atoms with E-state index < -0.39 is 0 Å². The van der Waals surface area contributed by atoms with Crippen molar-refractivity contribution < 1.29 is 9.84 Å². The lowest BCUT2D eigenvalue weighted by atomic mass is 10.1. The zero-order valence-corrected chi connectivity index (χ0v) is 14.4. The van der Waals surface area contributed by atoms with Crippen LogP contribution in [0.15, 0.2) is 16.6 Å². The molecule has 1 aromatic rings. The Hall–Kier alpha value is -0.620. The number of hydrogen-bond donors (Lipinski definition) is 2. The van der Waals surface area contributed by atoms with Crippen LogP contribution in [0.3, 0.4) is 0 Å². The summed E-state index contributed by atoms with van der Waals surface area (Å²) in [7, 11) is 0. The normalized spacial score (nSPS) is 15.1. The van der Waals surface area contributed by atoms with Crippen LogP contribution in [0.2, 0.25) is 0 Å². The third-order valence-electron chi connectivity index (χ3n) is 3.88. The lowest BCUT2D eigenvalue weighted by molar-refractivity contribution is 0.116. The Bertz CT molecular complexity index is 464. The molecule has 0 spiro atoms. The fourth-order valence-corrected chi connectivity index (χ4v) is 3.25. The van der Waals surface area contributed by atoms with E-state index in [2.05, 4.69) is 52.1 Å². The lowest BCUT2D eigenvalue weighted by Gasteiger charge is -2.22. The summed E-state index contributed by atoms with van der Waals surface area (Å²) in [6.45, 7) is 8.98. The van der Waals surface area contributed by atoms with Gasteiger partial charge in [0.1, 0.15) is 5.75 Å². The number of rotatable bonds is 8. The van der Waals surface area contributed by atoms with E-state index in [1.54, 1.807) is 0 Å². The molecule has 118 valence electrons. The van der Waals surface area contributed by atoms with E-state index in [-0.39, 0.29) is 6.10 Å². The van der Waals surface area contributed by atoms with Crippen molar-refractivity contribution in [3.05, 3.63) is 27.7 Å². The van der Waals surface area contributed by atoms with Crippen LogP contribution < -0.4 is 10.1 Å². The molecule has 5 heteroatoms. The number of aliphatic hydroxyl groups excluding tert-OH is 1. The van der Waals surface area contributed by atoms with Gasteiger partial charge in [-0.15, -0.1) is 0 Å². The maximum absolute atomic E-state index is 10.1. The molecule has 1 aliphatic heterocycles. The summed E-state index contributed by atoms with van der Waals surface area (Å²) in [5, 5.41) is 13.4. The molecule has 0 bridgehead atoms. The van der Waals surface area contributed by atoms with E-state index in [1.165, 1.54) is 5.56 Å². The number of nitrogens with zero attached hydrogens (tertiary/aromatic N) is 1. The van der Waals surface area contributed by atoms with E-state index in [0.29, 0.717) is 13.1 Å². The van der Waals surface area contributed by atoms with Gasteiger partial charge in [-0.25, -0.2) is 0 Å². The molecular weight excluding hydrogens is 332 g/mol. The van der Waals surface area contributed by atoms with Gasteiger partial charge in [-0.3, -0.25) is 0 Å². The number of fused-ring (bicyclic) bond motifs is 1. The molecule has 1 aromatic carbocycles. The monoisotopic (exact) mass is 356 g/mol. The molecule has 0 aliphatic carbocycles. The lowest BCUT2D eigenvalue weighted by Crippen LogP contribution is -2.38. The molecule has 2 N–H and O–H groups in total. The van der Waals surface area contributed by atoms with Crippen molar-refractivity contribution in [2.24, 2.45) is 0 Å². The second kappa shape index (κ2) is 8.13. The molecule has 4 nitrogen and oxygen atoms in total. The highest BCUT2D eigenvalue weighted by Gasteiger charge is 2.17. The van der Waals surface area contributed by atoms with E-state index in [9.17, 15) is 5.11 Å². The van der Waals surface area contributed by atoms with E-state index in [4.69, 9.17) is 4.74 Å². The molecule has 0 saturated carbocycles. The van der Waals surface area contributed by atoms with Crippen molar-refractivity contribution in [1.82, 2.24) is 10.2 Å². The quantitative estimate of drug-likeness (QED) is 0.749. The summed E-state index contributed by atoms with van der Waals surface area (Å²) in [6.07, 6.45) is 0.637. The number of nitrogens with one attached hydrogen (secondary N) is 1. The average molecular weight is 357 g/mol. The molecule has 1 atom stereocenters. The number of likely N-dealkylation sites (N-methyl/N-ethyl adjacent to an activating group) is 1. The molecule has 21 heavy (non-hydrogen) atoms. The maximum Gasteiger partial charge on any atom is 0.127 e. The number of hydrogen-bond acceptors (Lipinski definition) is 4. The van der Waals surface area contributed by atoms with Crippen LogP contribution in [0, 0.1) is 0 Å². The van der Waals surface area contributed by atoms with Crippen molar-refractivity contribution in [2.45, 2.75) is 32.9 Å². The third-order valence-corrected chi connectivity index (χ3v) is 4.34. The fourth-order valence-electron chi connectivity index (χ4n) is 2.70. The highest BCUT2D eigenvalue weighted by Crippen LogP contribution is 2.32. The van der Waals surface area contributed by atoms with Gasteiger partial charge in [-0.1, -0.05) is 29.8 Å². The average Bonchev–Trinajstić information content (AvgIpc) is 2.92. The first-order valence-electron chi connectivity index (χ1n) is 7.69. The number of benzene rings is 1. The van der Waals surface area contributed by atoms with Crippen molar-refractivity contribution in [3.63, 3.8) is 0 Å². The first kappa shape index (κ1) is 16.7. The highest BCUT2D eigenvalue weighted by atomic mass is 79.9. The number of halogens is 1. The third kappa shape index (κ3) is 4.68. The molecule has 0 saturated heterocycles. The summed E-state index contributed by atoms with van der Waals surface area (Å²) in [4.78, 5) is 2.23. The molecule has 0 radical (unpaired) electrons. The van der Waals surface area contributed by atoms with Crippen LogP contribution in [-0.4, -0.2) is 48.9 Å². The van der Waals surface area contributed by atoms with Crippen LogP contribution in [-0.2, 0) is 13.0 Å². The summed E-state index contributed by atoms with van der Waals surface area (Å²) in [5.41, 5.74) is 2.43. The van der Waals surface area contributed by atoms with Crippen LogP contribution in [0.4, 0.5) is 0 Å². The van der Waals surface area contributed by atoms with E-state index >= 15 is 0 Å². The first-order valence-corrected chi connectivity index (χ1v) is 8.48. The summed E-state index contributed by atoms with van der Waals surface area (Å²) in [5.74, 6) is 1.02. The van der Waals surface area contributed by atoms with Gasteiger partial charge in [-0.2, -0.15) is 0 Å². The zero-order valence-electron chi connectivity index (χ0n) is 12.9. The second-order valence-electron chi connectivity index (χ2n) is 5.42. The summed E-state index contributed by atoms with van der Waals surface area (Å²) >= 11 is 3.55. The van der Waals surface area contributed by atoms with Gasteiger partial charge >= 0.3 is 0 Å². The SMILES string of the molecule is CCN(CC)CC(O)CNCc1cc(Br)cc2c1OCC2. The van der Waals surface area contributed by atoms with Crippen LogP contribution in [0.1, 0.15) is 25.0 Å². The van der Waals surface area contributed by atoms with Gasteiger partial charge in [0.25, 0.3) is 0 Å². The van der Waals surface area contributed by atoms with Crippen LogP contribution in [0.5, 0.6) is 5.75 Å². The predicted molar refractivity (Wildman–Crippen MR) is 88.8 cm³/mol. The molecule has 1 heterocycles. The van der Waals surface area contributed by atoms with Crippen molar-refractivity contribution >= 4 is 15.9 Å². The summed E-state index contributed by atoms with van der Waals surface area (Å²) in [6, 6.07) is 4.22. The molecule has 1 aliphatic rings. The van der Waals surface area contributed by atoms with E-state index in [1.807, 2.05) is 0 Å². The van der Waals surface area contributed by atoms with Crippen molar-refractivity contribution in [1.29, 1.82) is 0 Å². The van der Waals surface area contributed by atoms with Gasteiger partial charge in [0, 0.05) is 36.1 Å². The van der Waals surface area contributed by atoms with Crippen LogP contribution >= 0.6 is 15.9 Å². The smallest absolute Gasteiger partial charge is 0.127 e. The van der Waals surface area contributed by atoms with Gasteiger partial charge < -0.3 is 20.1 Å². The van der Waals surface area contributed by atoms with Crippen molar-refractivity contribution in [2.75, 3.05) is 32.8 Å². The number of ether oxygens (including phenoxy) is 1. The summed E-state index contributed by atoms with van der Waals surface area (Å²) < 4.78 is 6.80. The molecule has 0 fully saturated rings. The highest BCUT2D eigenvalue weighted by molar-refractivity contribution is 9.10. The predicted octanol–water partition coefficient (Wildman–Crippen LogP) is 2.18. The Labute approximate surface area is 135 Å². The Kier molecular flexibility index (Phi) is 6.48. The van der Waals surface area contributed by atoms with E-state index in [0.717, 1.165) is 48.4 Å². The fraction of sp³-hybridized carbons (Fsp3) is 0.625. The minimum absolute atomic E-state index is 0.342. The van der Waals surface area contributed by atoms with Gasteiger partial charge in [0.15, 0.2) is 0 Å². The Morgan fingerprint density at radius 1 is 1.38 bits per heavy atom. The van der Waals surface area contributed by atoms with Crippen LogP contribution in [0.25, 0.3) is 0 Å². The minimum Gasteiger partial charge on any atom is -0.493 e. The molecular formula is C16H25BrN2O2. The topological polar surface area (TPSA) is 44.7 Å². The zero-order chi connectivity index (χ0) is 15.2. The Morgan fingerprint density at radius 2 is 2.14 bits per heavy atom. The van der Waals surface area contributed by atoms with Crippen molar-refractivity contribution in [3.8, 4) is 5.75 Å². The molecule has 1 unspecified atom stereocenters. The van der Waals surface area contributed by atoms with Gasteiger partial charge in [0.05, 0.1) is 12.7 Å². The number of aliphatic hydroxyl groups is 1. The molecule has 0 amide bonds. The largest absolute Gasteiger partial charge is 0.493 e. The van der Waals surface area contributed by atoms with Gasteiger partial charge in [-0.05, 0) is 30.8 Å². The molecule has 2 rings (SSSR count).